The van der Waals surface area contributed by atoms with E-state index in [1.165, 1.54) is 19.3 Å². The third kappa shape index (κ3) is 1.42. The maximum atomic E-state index is 10.4. The molecule has 16 heavy (non-hydrogen) atoms. The molecule has 1 aliphatic carbocycles. The van der Waals surface area contributed by atoms with Crippen LogP contribution in [0.5, 0.6) is 0 Å². The lowest BCUT2D eigenvalue weighted by Crippen LogP contribution is -2.16. The standard InChI is InChI=1S/C10H10N4O2/c15-6-9-12-13-10(16-9)7-4-11-14(5-7)8-2-1-3-8/h4-6,8H,1-3H2. The number of aldehydes is 1. The number of aromatic nitrogens is 4. The Kier molecular flexibility index (Phi) is 2.05. The first kappa shape index (κ1) is 9.26. The summed E-state index contributed by atoms with van der Waals surface area (Å²) >= 11 is 0. The average molecular weight is 218 g/mol. The second-order valence-electron chi connectivity index (χ2n) is 3.86. The Bertz CT molecular complexity index is 512. The predicted molar refractivity (Wildman–Crippen MR) is 53.8 cm³/mol. The summed E-state index contributed by atoms with van der Waals surface area (Å²) in [7, 11) is 0. The van der Waals surface area contributed by atoms with Crippen molar-refractivity contribution in [3.63, 3.8) is 0 Å². The summed E-state index contributed by atoms with van der Waals surface area (Å²) < 4.78 is 7.04. The zero-order valence-corrected chi connectivity index (χ0v) is 8.54. The SMILES string of the molecule is O=Cc1nnc(-c2cnn(C3CCC3)c2)o1. The average Bonchev–Trinajstić information content (AvgIpc) is 2.81. The Morgan fingerprint density at radius 2 is 2.31 bits per heavy atom. The van der Waals surface area contributed by atoms with Gasteiger partial charge in [-0.1, -0.05) is 0 Å². The van der Waals surface area contributed by atoms with Gasteiger partial charge in [-0.25, -0.2) is 0 Å². The molecule has 1 fully saturated rings. The van der Waals surface area contributed by atoms with Gasteiger partial charge in [-0.3, -0.25) is 9.48 Å². The first-order chi connectivity index (χ1) is 7.86. The lowest BCUT2D eigenvalue weighted by Gasteiger charge is -2.25. The third-order valence-electron chi connectivity index (χ3n) is 2.84. The molecule has 2 aromatic rings. The van der Waals surface area contributed by atoms with E-state index in [9.17, 15) is 4.79 Å². The Morgan fingerprint density at radius 3 is 2.94 bits per heavy atom. The first-order valence-electron chi connectivity index (χ1n) is 5.20. The van der Waals surface area contributed by atoms with Gasteiger partial charge in [0.05, 0.1) is 17.8 Å². The number of nitrogens with zero attached hydrogens (tertiary/aromatic N) is 4. The molecule has 0 atom stereocenters. The van der Waals surface area contributed by atoms with Gasteiger partial charge in [0.1, 0.15) is 0 Å². The normalized spacial score (nSPS) is 16.0. The van der Waals surface area contributed by atoms with Gasteiger partial charge in [-0.15, -0.1) is 10.2 Å². The van der Waals surface area contributed by atoms with Crippen molar-refractivity contribution in [2.24, 2.45) is 0 Å². The van der Waals surface area contributed by atoms with Crippen LogP contribution in [0.3, 0.4) is 0 Å². The largest absolute Gasteiger partial charge is 0.414 e. The highest BCUT2D eigenvalue weighted by molar-refractivity contribution is 5.67. The van der Waals surface area contributed by atoms with Crippen molar-refractivity contribution in [2.45, 2.75) is 25.3 Å². The topological polar surface area (TPSA) is 73.8 Å². The minimum atomic E-state index is -0.00797. The minimum absolute atomic E-state index is 0.00797. The van der Waals surface area contributed by atoms with Crippen LogP contribution in [0.2, 0.25) is 0 Å². The Hall–Kier alpha value is -1.98. The molecule has 2 heterocycles. The zero-order chi connectivity index (χ0) is 11.0. The van der Waals surface area contributed by atoms with Gasteiger partial charge in [0.25, 0.3) is 11.8 Å². The predicted octanol–water partition coefficient (Wildman–Crippen LogP) is 1.47. The molecule has 2 aromatic heterocycles. The molecule has 82 valence electrons. The molecule has 0 aromatic carbocycles. The summed E-state index contributed by atoms with van der Waals surface area (Å²) in [6.07, 6.45) is 7.70. The molecule has 6 heteroatoms. The van der Waals surface area contributed by atoms with Crippen LogP contribution in [-0.4, -0.2) is 26.3 Å². The van der Waals surface area contributed by atoms with Gasteiger partial charge in [0.2, 0.25) is 6.29 Å². The highest BCUT2D eigenvalue weighted by Crippen LogP contribution is 2.31. The molecule has 0 unspecified atom stereocenters. The molecule has 6 nitrogen and oxygen atoms in total. The third-order valence-corrected chi connectivity index (χ3v) is 2.84. The van der Waals surface area contributed by atoms with E-state index in [0.717, 1.165) is 5.56 Å². The molecule has 0 saturated heterocycles. The lowest BCUT2D eigenvalue weighted by molar-refractivity contribution is 0.109. The number of carbonyl (C=O) groups is 1. The molecule has 3 rings (SSSR count). The maximum Gasteiger partial charge on any atom is 0.280 e. The Labute approximate surface area is 91.3 Å². The minimum Gasteiger partial charge on any atom is -0.414 e. The molecule has 1 saturated carbocycles. The van der Waals surface area contributed by atoms with Crippen molar-refractivity contribution in [3.8, 4) is 11.5 Å². The first-order valence-corrected chi connectivity index (χ1v) is 5.20. The highest BCUT2D eigenvalue weighted by Gasteiger charge is 2.21. The van der Waals surface area contributed by atoms with Crippen molar-refractivity contribution in [2.75, 3.05) is 0 Å². The summed E-state index contributed by atoms with van der Waals surface area (Å²) in [6.45, 7) is 0. The smallest absolute Gasteiger partial charge is 0.280 e. The second kappa shape index (κ2) is 3.55. The van der Waals surface area contributed by atoms with Gasteiger partial charge in [-0.05, 0) is 19.3 Å². The molecular weight excluding hydrogens is 208 g/mol. The van der Waals surface area contributed by atoms with Crippen molar-refractivity contribution >= 4 is 6.29 Å². The van der Waals surface area contributed by atoms with E-state index >= 15 is 0 Å². The van der Waals surface area contributed by atoms with E-state index in [0.29, 0.717) is 18.2 Å². The molecule has 0 radical (unpaired) electrons. The van der Waals surface area contributed by atoms with E-state index in [1.54, 1.807) is 6.20 Å². The molecule has 1 aliphatic rings. The summed E-state index contributed by atoms with van der Waals surface area (Å²) in [4.78, 5) is 10.4. The zero-order valence-electron chi connectivity index (χ0n) is 8.54. The molecule has 0 amide bonds. The highest BCUT2D eigenvalue weighted by atomic mass is 16.4. The second-order valence-corrected chi connectivity index (χ2v) is 3.86. The summed E-state index contributed by atoms with van der Waals surface area (Å²) in [5.41, 5.74) is 0.757. The van der Waals surface area contributed by atoms with E-state index < -0.39 is 0 Å². The van der Waals surface area contributed by atoms with Crippen molar-refractivity contribution < 1.29 is 9.21 Å². The van der Waals surface area contributed by atoms with Crippen LogP contribution in [0.25, 0.3) is 11.5 Å². The van der Waals surface area contributed by atoms with E-state index in [4.69, 9.17) is 4.42 Å². The van der Waals surface area contributed by atoms with Crippen LogP contribution in [-0.2, 0) is 0 Å². The van der Waals surface area contributed by atoms with Gasteiger partial charge in [0, 0.05) is 6.20 Å². The van der Waals surface area contributed by atoms with Gasteiger partial charge in [0.15, 0.2) is 0 Å². The number of hydrogen-bond acceptors (Lipinski definition) is 5. The van der Waals surface area contributed by atoms with Crippen LogP contribution in [0.15, 0.2) is 16.8 Å². The molecule has 0 spiro atoms. The quantitative estimate of drug-likeness (QED) is 0.729. The molecule has 0 bridgehead atoms. The van der Waals surface area contributed by atoms with Crippen LogP contribution < -0.4 is 0 Å². The Balaban J connectivity index is 1.88. The van der Waals surface area contributed by atoms with E-state index in [1.807, 2.05) is 10.9 Å². The van der Waals surface area contributed by atoms with Gasteiger partial charge >= 0.3 is 0 Å². The molecular formula is C10H10N4O2. The number of rotatable bonds is 3. The summed E-state index contributed by atoms with van der Waals surface area (Å²) in [5, 5.41) is 11.6. The van der Waals surface area contributed by atoms with Crippen LogP contribution in [0.4, 0.5) is 0 Å². The van der Waals surface area contributed by atoms with Gasteiger partial charge < -0.3 is 4.42 Å². The van der Waals surface area contributed by atoms with E-state index in [-0.39, 0.29) is 5.89 Å². The van der Waals surface area contributed by atoms with Crippen LogP contribution >= 0.6 is 0 Å². The van der Waals surface area contributed by atoms with Crippen molar-refractivity contribution in [1.82, 2.24) is 20.0 Å². The number of carbonyl (C=O) groups excluding carboxylic acids is 1. The van der Waals surface area contributed by atoms with Gasteiger partial charge in [-0.2, -0.15) is 5.10 Å². The maximum absolute atomic E-state index is 10.4. The van der Waals surface area contributed by atoms with Crippen LogP contribution in [0, 0.1) is 0 Å². The van der Waals surface area contributed by atoms with Crippen molar-refractivity contribution in [3.05, 3.63) is 18.3 Å². The lowest BCUT2D eigenvalue weighted by atomic mass is 9.93. The fourth-order valence-electron chi connectivity index (χ4n) is 1.70. The fraction of sp³-hybridized carbons (Fsp3) is 0.400. The van der Waals surface area contributed by atoms with Crippen molar-refractivity contribution in [1.29, 1.82) is 0 Å². The van der Waals surface area contributed by atoms with E-state index in [2.05, 4.69) is 15.3 Å². The summed E-state index contributed by atoms with van der Waals surface area (Å²) in [5.74, 6) is 0.332. The Morgan fingerprint density at radius 1 is 1.44 bits per heavy atom. The monoisotopic (exact) mass is 218 g/mol. The fourth-order valence-corrected chi connectivity index (χ4v) is 1.70. The molecule has 0 N–H and O–H groups in total. The molecule has 0 aliphatic heterocycles. The summed E-state index contributed by atoms with van der Waals surface area (Å²) in [6, 6.07) is 0.502. The van der Waals surface area contributed by atoms with Crippen LogP contribution in [0.1, 0.15) is 36.0 Å². The number of hydrogen-bond donors (Lipinski definition) is 0.